The Morgan fingerprint density at radius 3 is 2.29 bits per heavy atom. The maximum absolute atomic E-state index is 5.82. The van der Waals surface area contributed by atoms with Crippen LogP contribution < -0.4 is 10.1 Å². The van der Waals surface area contributed by atoms with Crippen molar-refractivity contribution in [2.45, 2.75) is 40.7 Å². The van der Waals surface area contributed by atoms with Gasteiger partial charge in [0.25, 0.3) is 0 Å². The molecule has 96 valence electrons. The molecule has 0 fully saturated rings. The number of rotatable bonds is 6. The lowest BCUT2D eigenvalue weighted by atomic mass is 9.94. The molecule has 0 amide bonds. The molecule has 0 aliphatic rings. The van der Waals surface area contributed by atoms with E-state index in [2.05, 4.69) is 52.1 Å². The number of aryl methyl sites for hydroxylation is 1. The van der Waals surface area contributed by atoms with Gasteiger partial charge in [-0.1, -0.05) is 45.4 Å². The van der Waals surface area contributed by atoms with Crippen molar-refractivity contribution in [3.8, 4) is 5.75 Å². The molecular weight excluding hydrogens is 210 g/mol. The third kappa shape index (κ3) is 5.73. The number of benzene rings is 1. The normalized spacial score (nSPS) is 11.9. The Kier molecular flexibility index (Phi) is 5.01. The molecule has 0 aliphatic heterocycles. The van der Waals surface area contributed by atoms with Gasteiger partial charge in [-0.15, -0.1) is 0 Å². The highest BCUT2D eigenvalue weighted by atomic mass is 16.5. The van der Waals surface area contributed by atoms with Crippen LogP contribution in [0, 0.1) is 12.3 Å². The summed E-state index contributed by atoms with van der Waals surface area (Å²) < 4.78 is 5.82. The fourth-order valence-corrected chi connectivity index (χ4v) is 1.44. The molecule has 1 rings (SSSR count). The van der Waals surface area contributed by atoms with E-state index < -0.39 is 0 Å². The van der Waals surface area contributed by atoms with E-state index in [4.69, 9.17) is 4.74 Å². The van der Waals surface area contributed by atoms with E-state index in [-0.39, 0.29) is 5.41 Å². The molecular formula is C15H25NO. The standard InChI is InChI=1S/C15H25NO/c1-12(2)16-10-15(4,5)11-17-14-8-6-13(3)7-9-14/h6-9,12,16H,10-11H2,1-5H3. The molecule has 1 N–H and O–H groups in total. The van der Waals surface area contributed by atoms with Crippen molar-refractivity contribution in [2.75, 3.05) is 13.2 Å². The maximum atomic E-state index is 5.82. The quantitative estimate of drug-likeness (QED) is 0.816. The smallest absolute Gasteiger partial charge is 0.119 e. The average molecular weight is 235 g/mol. The van der Waals surface area contributed by atoms with Crippen molar-refractivity contribution in [2.24, 2.45) is 5.41 Å². The van der Waals surface area contributed by atoms with Crippen molar-refractivity contribution in [3.63, 3.8) is 0 Å². The summed E-state index contributed by atoms with van der Waals surface area (Å²) in [4.78, 5) is 0. The summed E-state index contributed by atoms with van der Waals surface area (Å²) in [6.07, 6.45) is 0. The lowest BCUT2D eigenvalue weighted by Gasteiger charge is -2.26. The third-order valence-corrected chi connectivity index (χ3v) is 2.64. The first-order valence-electron chi connectivity index (χ1n) is 6.32. The monoisotopic (exact) mass is 235 g/mol. The zero-order valence-corrected chi connectivity index (χ0v) is 11.7. The number of hydrogen-bond acceptors (Lipinski definition) is 2. The van der Waals surface area contributed by atoms with Crippen molar-refractivity contribution >= 4 is 0 Å². The predicted molar refractivity (Wildman–Crippen MR) is 73.6 cm³/mol. The van der Waals surface area contributed by atoms with Crippen LogP contribution in [0.5, 0.6) is 5.75 Å². The predicted octanol–water partition coefficient (Wildman–Crippen LogP) is 3.40. The summed E-state index contributed by atoms with van der Waals surface area (Å²) in [5.41, 5.74) is 1.41. The van der Waals surface area contributed by atoms with Gasteiger partial charge in [0.05, 0.1) is 6.61 Å². The minimum absolute atomic E-state index is 0.148. The molecule has 0 aromatic heterocycles. The van der Waals surface area contributed by atoms with Gasteiger partial charge in [-0.05, 0) is 19.1 Å². The lowest BCUT2D eigenvalue weighted by Crippen LogP contribution is -2.37. The van der Waals surface area contributed by atoms with E-state index in [0.29, 0.717) is 6.04 Å². The molecule has 0 radical (unpaired) electrons. The molecule has 0 spiro atoms. The average Bonchev–Trinajstić information content (AvgIpc) is 2.26. The van der Waals surface area contributed by atoms with Crippen LogP contribution in [0.25, 0.3) is 0 Å². The Bertz CT molecular complexity index is 327. The van der Waals surface area contributed by atoms with Crippen LogP contribution in [-0.4, -0.2) is 19.2 Å². The van der Waals surface area contributed by atoms with Gasteiger partial charge in [0.15, 0.2) is 0 Å². The van der Waals surface area contributed by atoms with Gasteiger partial charge in [-0.25, -0.2) is 0 Å². The summed E-state index contributed by atoms with van der Waals surface area (Å²) >= 11 is 0. The second-order valence-electron chi connectivity index (χ2n) is 5.80. The van der Waals surface area contributed by atoms with E-state index in [1.165, 1.54) is 5.56 Å². The summed E-state index contributed by atoms with van der Waals surface area (Å²) in [5.74, 6) is 0.952. The maximum Gasteiger partial charge on any atom is 0.119 e. The fraction of sp³-hybridized carbons (Fsp3) is 0.600. The first-order valence-corrected chi connectivity index (χ1v) is 6.32. The summed E-state index contributed by atoms with van der Waals surface area (Å²) in [7, 11) is 0. The number of ether oxygens (including phenoxy) is 1. The molecule has 0 aliphatic carbocycles. The Labute approximate surface area is 105 Å². The minimum atomic E-state index is 0.148. The minimum Gasteiger partial charge on any atom is -0.493 e. The van der Waals surface area contributed by atoms with E-state index in [0.717, 1.165) is 18.9 Å². The second kappa shape index (κ2) is 6.06. The van der Waals surface area contributed by atoms with Gasteiger partial charge in [0, 0.05) is 18.0 Å². The van der Waals surface area contributed by atoms with E-state index in [1.807, 2.05) is 12.1 Å². The Morgan fingerprint density at radius 2 is 1.76 bits per heavy atom. The lowest BCUT2D eigenvalue weighted by molar-refractivity contribution is 0.173. The number of hydrogen-bond donors (Lipinski definition) is 1. The summed E-state index contributed by atoms with van der Waals surface area (Å²) in [6.45, 7) is 12.5. The van der Waals surface area contributed by atoms with Crippen molar-refractivity contribution < 1.29 is 4.74 Å². The van der Waals surface area contributed by atoms with Crippen LogP contribution in [0.4, 0.5) is 0 Å². The Hall–Kier alpha value is -1.02. The Balaban J connectivity index is 2.40. The third-order valence-electron chi connectivity index (χ3n) is 2.64. The van der Waals surface area contributed by atoms with Gasteiger partial charge in [-0.2, -0.15) is 0 Å². The molecule has 17 heavy (non-hydrogen) atoms. The highest BCUT2D eigenvalue weighted by molar-refractivity contribution is 5.26. The SMILES string of the molecule is Cc1ccc(OCC(C)(C)CNC(C)C)cc1. The van der Waals surface area contributed by atoms with Gasteiger partial charge < -0.3 is 10.1 Å². The van der Waals surface area contributed by atoms with Crippen molar-refractivity contribution in [1.29, 1.82) is 0 Å². The zero-order valence-electron chi connectivity index (χ0n) is 11.7. The van der Waals surface area contributed by atoms with Gasteiger partial charge in [0.2, 0.25) is 0 Å². The topological polar surface area (TPSA) is 21.3 Å². The summed E-state index contributed by atoms with van der Waals surface area (Å²) in [5, 5.41) is 3.45. The molecule has 0 saturated carbocycles. The molecule has 1 aromatic carbocycles. The van der Waals surface area contributed by atoms with Crippen LogP contribution in [0.3, 0.4) is 0 Å². The molecule has 0 atom stereocenters. The van der Waals surface area contributed by atoms with Crippen LogP contribution in [0.2, 0.25) is 0 Å². The molecule has 1 aromatic rings. The van der Waals surface area contributed by atoms with Gasteiger partial charge >= 0.3 is 0 Å². The van der Waals surface area contributed by atoms with Crippen molar-refractivity contribution in [3.05, 3.63) is 29.8 Å². The van der Waals surface area contributed by atoms with Crippen LogP contribution in [0.1, 0.15) is 33.3 Å². The molecule has 0 heterocycles. The van der Waals surface area contributed by atoms with Crippen LogP contribution in [0.15, 0.2) is 24.3 Å². The van der Waals surface area contributed by atoms with Crippen LogP contribution >= 0.6 is 0 Å². The Morgan fingerprint density at radius 1 is 1.18 bits per heavy atom. The zero-order chi connectivity index (χ0) is 12.9. The highest BCUT2D eigenvalue weighted by Crippen LogP contribution is 2.18. The second-order valence-corrected chi connectivity index (χ2v) is 5.80. The van der Waals surface area contributed by atoms with Crippen LogP contribution in [-0.2, 0) is 0 Å². The van der Waals surface area contributed by atoms with Gasteiger partial charge in [-0.3, -0.25) is 0 Å². The highest BCUT2D eigenvalue weighted by Gasteiger charge is 2.18. The van der Waals surface area contributed by atoms with Crippen molar-refractivity contribution in [1.82, 2.24) is 5.32 Å². The first kappa shape index (κ1) is 14.0. The number of nitrogens with one attached hydrogen (secondary N) is 1. The summed E-state index contributed by atoms with van der Waals surface area (Å²) in [6, 6.07) is 8.74. The first-order chi connectivity index (χ1) is 7.89. The molecule has 0 bridgehead atoms. The van der Waals surface area contributed by atoms with E-state index in [9.17, 15) is 0 Å². The molecule has 2 heteroatoms. The molecule has 0 saturated heterocycles. The molecule has 0 unspecified atom stereocenters. The van der Waals surface area contributed by atoms with Gasteiger partial charge in [0.1, 0.15) is 5.75 Å². The molecule has 2 nitrogen and oxygen atoms in total. The largest absolute Gasteiger partial charge is 0.493 e. The fourth-order valence-electron chi connectivity index (χ4n) is 1.44. The van der Waals surface area contributed by atoms with E-state index in [1.54, 1.807) is 0 Å². The van der Waals surface area contributed by atoms with E-state index >= 15 is 0 Å².